The molecule has 1 aromatic carbocycles. The van der Waals surface area contributed by atoms with Gasteiger partial charge in [-0.25, -0.2) is 8.42 Å². The number of nitrogens with one attached hydrogen (secondary N) is 2. The summed E-state index contributed by atoms with van der Waals surface area (Å²) in [7, 11) is -1.87. The van der Waals surface area contributed by atoms with Crippen molar-refractivity contribution in [3.63, 3.8) is 0 Å². The van der Waals surface area contributed by atoms with Crippen LogP contribution in [0, 0.1) is 0 Å². The molecule has 0 aliphatic carbocycles. The predicted molar refractivity (Wildman–Crippen MR) is 105 cm³/mol. The highest BCUT2D eigenvalue weighted by molar-refractivity contribution is 7.89. The van der Waals surface area contributed by atoms with Gasteiger partial charge in [-0.1, -0.05) is 6.42 Å². The lowest BCUT2D eigenvalue weighted by Gasteiger charge is -2.27. The Balaban J connectivity index is 0.00000338. The summed E-state index contributed by atoms with van der Waals surface area (Å²) in [6.45, 7) is 3.78. The summed E-state index contributed by atoms with van der Waals surface area (Å²) in [5.74, 6) is 0.154. The summed E-state index contributed by atoms with van der Waals surface area (Å²) in [6.07, 6.45) is 3.09. The average Bonchev–Trinajstić information content (AvgIpc) is 2.62. The van der Waals surface area contributed by atoms with Gasteiger partial charge in [-0.2, -0.15) is 4.31 Å². The molecule has 2 rings (SSSR count). The molecule has 1 aliphatic heterocycles. The third kappa shape index (κ3) is 5.84. The molecule has 1 amide bonds. The van der Waals surface area contributed by atoms with Crippen molar-refractivity contribution < 1.29 is 17.9 Å². The van der Waals surface area contributed by atoms with Gasteiger partial charge in [0, 0.05) is 31.7 Å². The van der Waals surface area contributed by atoms with Gasteiger partial charge >= 0.3 is 0 Å². The highest BCUT2D eigenvalue weighted by atomic mass is 35.5. The zero-order chi connectivity index (χ0) is 18.3. The van der Waals surface area contributed by atoms with Crippen molar-refractivity contribution >= 4 is 34.0 Å². The number of amides is 1. The maximum atomic E-state index is 13.0. The Morgan fingerprint density at radius 1 is 1.23 bits per heavy atom. The van der Waals surface area contributed by atoms with Crippen molar-refractivity contribution in [2.24, 2.45) is 0 Å². The number of carbonyl (C=O) groups excluding carboxylic acids is 1. The fourth-order valence-corrected chi connectivity index (χ4v) is 4.44. The molecule has 0 radical (unpaired) electrons. The molecule has 0 unspecified atom stereocenters. The third-order valence-corrected chi connectivity index (χ3v) is 5.98. The molecule has 0 saturated carbocycles. The molecule has 26 heavy (non-hydrogen) atoms. The minimum Gasteiger partial charge on any atom is -0.492 e. The third-order valence-electron chi connectivity index (χ3n) is 4.06. The van der Waals surface area contributed by atoms with Crippen molar-refractivity contribution in [1.82, 2.24) is 9.62 Å². The van der Waals surface area contributed by atoms with Crippen molar-refractivity contribution in [3.05, 3.63) is 18.2 Å². The lowest BCUT2D eigenvalue weighted by molar-refractivity contribution is -0.116. The van der Waals surface area contributed by atoms with Gasteiger partial charge in [-0.15, -0.1) is 12.4 Å². The van der Waals surface area contributed by atoms with Gasteiger partial charge in [-0.05, 0) is 45.0 Å². The van der Waals surface area contributed by atoms with Crippen LogP contribution in [-0.4, -0.2) is 51.9 Å². The Morgan fingerprint density at radius 2 is 1.92 bits per heavy atom. The van der Waals surface area contributed by atoms with E-state index in [4.69, 9.17) is 4.74 Å². The van der Waals surface area contributed by atoms with Gasteiger partial charge in [0.2, 0.25) is 15.9 Å². The first-order chi connectivity index (χ1) is 12.0. The molecule has 0 spiro atoms. The van der Waals surface area contributed by atoms with E-state index in [-0.39, 0.29) is 23.2 Å². The fraction of sp³-hybridized carbons (Fsp3) is 0.588. The number of piperidine rings is 1. The Hall–Kier alpha value is -1.35. The minimum absolute atomic E-state index is 0. The van der Waals surface area contributed by atoms with Crippen LogP contribution in [0.4, 0.5) is 5.69 Å². The molecule has 0 bridgehead atoms. The van der Waals surface area contributed by atoms with Crippen LogP contribution in [0.3, 0.4) is 0 Å². The van der Waals surface area contributed by atoms with E-state index >= 15 is 0 Å². The number of hydrogen-bond donors (Lipinski definition) is 2. The Kier molecular flexibility index (Phi) is 9.35. The summed E-state index contributed by atoms with van der Waals surface area (Å²) < 4.78 is 33.0. The van der Waals surface area contributed by atoms with E-state index in [1.165, 1.54) is 10.4 Å². The summed E-state index contributed by atoms with van der Waals surface area (Å²) >= 11 is 0. The number of ether oxygens (including phenoxy) is 1. The molecule has 2 N–H and O–H groups in total. The molecular formula is C17H28ClN3O4S. The van der Waals surface area contributed by atoms with E-state index in [2.05, 4.69) is 10.6 Å². The highest BCUT2D eigenvalue weighted by Gasteiger charge is 2.29. The van der Waals surface area contributed by atoms with E-state index in [0.717, 1.165) is 19.3 Å². The van der Waals surface area contributed by atoms with Crippen molar-refractivity contribution in [2.75, 3.05) is 38.6 Å². The van der Waals surface area contributed by atoms with Gasteiger partial charge in [0.15, 0.2) is 0 Å². The van der Waals surface area contributed by atoms with E-state index in [0.29, 0.717) is 44.1 Å². The van der Waals surface area contributed by atoms with Gasteiger partial charge in [0.25, 0.3) is 0 Å². The largest absolute Gasteiger partial charge is 0.492 e. The van der Waals surface area contributed by atoms with Crippen molar-refractivity contribution in [3.8, 4) is 5.75 Å². The zero-order valence-corrected chi connectivity index (χ0v) is 16.9. The van der Waals surface area contributed by atoms with Crippen molar-refractivity contribution in [2.45, 2.75) is 37.5 Å². The molecule has 148 valence electrons. The predicted octanol–water partition coefficient (Wildman–Crippen LogP) is 2.23. The first-order valence-electron chi connectivity index (χ1n) is 8.70. The van der Waals surface area contributed by atoms with Crippen LogP contribution in [0.5, 0.6) is 5.75 Å². The molecule has 1 aliphatic rings. The number of anilines is 1. The Morgan fingerprint density at radius 3 is 2.54 bits per heavy atom. The van der Waals surface area contributed by atoms with Crippen LogP contribution >= 0.6 is 12.4 Å². The molecule has 0 atom stereocenters. The Labute approximate surface area is 161 Å². The number of benzene rings is 1. The van der Waals surface area contributed by atoms with E-state index in [1.54, 1.807) is 19.2 Å². The van der Waals surface area contributed by atoms with Gasteiger partial charge in [-0.3, -0.25) is 4.79 Å². The van der Waals surface area contributed by atoms with Crippen LogP contribution in [0.1, 0.15) is 32.6 Å². The van der Waals surface area contributed by atoms with Crippen LogP contribution in [0.25, 0.3) is 0 Å². The highest BCUT2D eigenvalue weighted by Crippen LogP contribution is 2.31. The second-order valence-electron chi connectivity index (χ2n) is 5.96. The Bertz CT molecular complexity index is 691. The van der Waals surface area contributed by atoms with Gasteiger partial charge in [0.05, 0.1) is 6.61 Å². The van der Waals surface area contributed by atoms with Crippen LogP contribution in [-0.2, 0) is 14.8 Å². The molecule has 0 aromatic heterocycles. The van der Waals surface area contributed by atoms with Gasteiger partial charge < -0.3 is 15.4 Å². The number of halogens is 1. The van der Waals surface area contributed by atoms with E-state index < -0.39 is 10.0 Å². The minimum atomic E-state index is -3.65. The second-order valence-corrected chi connectivity index (χ2v) is 7.87. The smallest absolute Gasteiger partial charge is 0.246 e. The maximum Gasteiger partial charge on any atom is 0.246 e. The standard InChI is InChI=1S/C17H27N3O4S.ClH/c1-3-24-15-8-7-14(19-17(21)9-10-18-2)13-16(15)25(22,23)20-11-5-4-6-12-20;/h7-8,13,18H,3-6,9-12H2,1-2H3,(H,19,21);1H. The number of nitrogens with zero attached hydrogens (tertiary/aromatic N) is 1. The van der Waals surface area contributed by atoms with E-state index in [9.17, 15) is 13.2 Å². The lowest BCUT2D eigenvalue weighted by atomic mass is 10.2. The van der Waals surface area contributed by atoms with E-state index in [1.807, 2.05) is 6.92 Å². The monoisotopic (exact) mass is 405 g/mol. The summed E-state index contributed by atoms with van der Waals surface area (Å²) in [4.78, 5) is 12.0. The topological polar surface area (TPSA) is 87.7 Å². The SMILES string of the molecule is CCOc1ccc(NC(=O)CCNC)cc1S(=O)(=O)N1CCCCC1.Cl. The maximum absolute atomic E-state index is 13.0. The van der Waals surface area contributed by atoms with Crippen LogP contribution in [0.2, 0.25) is 0 Å². The first kappa shape index (κ1) is 22.7. The molecule has 1 fully saturated rings. The fourth-order valence-electron chi connectivity index (χ4n) is 2.77. The summed E-state index contributed by atoms with van der Waals surface area (Å²) in [5, 5.41) is 5.65. The molecule has 9 heteroatoms. The molecular weight excluding hydrogens is 378 g/mol. The molecule has 1 saturated heterocycles. The number of carbonyl (C=O) groups is 1. The number of sulfonamides is 1. The average molecular weight is 406 g/mol. The number of rotatable bonds is 8. The quantitative estimate of drug-likeness (QED) is 0.692. The lowest BCUT2D eigenvalue weighted by Crippen LogP contribution is -2.35. The first-order valence-corrected chi connectivity index (χ1v) is 10.1. The van der Waals surface area contributed by atoms with Crippen LogP contribution < -0.4 is 15.4 Å². The van der Waals surface area contributed by atoms with Gasteiger partial charge in [0.1, 0.15) is 10.6 Å². The van der Waals surface area contributed by atoms with Crippen LogP contribution in [0.15, 0.2) is 23.1 Å². The molecule has 1 aromatic rings. The molecule has 7 nitrogen and oxygen atoms in total. The number of hydrogen-bond acceptors (Lipinski definition) is 5. The second kappa shape index (κ2) is 10.7. The van der Waals surface area contributed by atoms with Crippen molar-refractivity contribution in [1.29, 1.82) is 0 Å². The molecule has 1 heterocycles. The summed E-state index contributed by atoms with van der Waals surface area (Å²) in [5.41, 5.74) is 0.458. The normalized spacial score (nSPS) is 15.2. The zero-order valence-electron chi connectivity index (χ0n) is 15.3. The summed E-state index contributed by atoms with van der Waals surface area (Å²) in [6, 6.07) is 4.76.